The van der Waals surface area contributed by atoms with Crippen LogP contribution in [0.4, 0.5) is 33.3 Å². The number of methoxy groups -OCH3 is 1. The smallest absolute Gasteiger partial charge is 0.266 e. The Labute approximate surface area is 182 Å². The van der Waals surface area contributed by atoms with E-state index in [1.807, 2.05) is 4.90 Å². The normalized spacial score (nSPS) is 15.9. The summed E-state index contributed by atoms with van der Waals surface area (Å²) in [6.45, 7) is 0.357. The third kappa shape index (κ3) is 4.42. The molecule has 1 aromatic heterocycles. The molecule has 2 heterocycles. The molecule has 4 rings (SSSR count). The Morgan fingerprint density at radius 1 is 1.16 bits per heavy atom. The molecule has 0 amide bonds. The van der Waals surface area contributed by atoms with Crippen molar-refractivity contribution < 1.29 is 26.7 Å². The van der Waals surface area contributed by atoms with Crippen LogP contribution in [0.3, 0.4) is 0 Å². The number of hydrogen-bond acceptors (Lipinski definition) is 4. The minimum Gasteiger partial charge on any atom is -0.495 e. The third-order valence-corrected chi connectivity index (χ3v) is 5.69. The fourth-order valence-corrected chi connectivity index (χ4v) is 3.90. The van der Waals surface area contributed by atoms with Crippen LogP contribution in [-0.4, -0.2) is 31.1 Å². The van der Waals surface area contributed by atoms with Crippen molar-refractivity contribution in [3.8, 4) is 5.75 Å². The molecular formula is C23H22F5N3O. The number of halogens is 5. The average Bonchev–Trinajstić information content (AvgIpc) is 2.77. The molecule has 1 aliphatic heterocycles. The van der Waals surface area contributed by atoms with Crippen molar-refractivity contribution >= 4 is 22.3 Å². The molecule has 2 aromatic carbocycles. The molecule has 9 heteroatoms. The van der Waals surface area contributed by atoms with E-state index in [2.05, 4.69) is 10.3 Å². The quantitative estimate of drug-likeness (QED) is 0.455. The lowest BCUT2D eigenvalue weighted by molar-refractivity contribution is -0.0221. The summed E-state index contributed by atoms with van der Waals surface area (Å²) < 4.78 is 73.1. The van der Waals surface area contributed by atoms with Gasteiger partial charge in [-0.25, -0.2) is 22.0 Å². The van der Waals surface area contributed by atoms with Gasteiger partial charge >= 0.3 is 0 Å². The second-order valence-electron chi connectivity index (χ2n) is 7.72. The summed E-state index contributed by atoms with van der Waals surface area (Å²) in [6.07, 6.45) is -1.82. The van der Waals surface area contributed by atoms with E-state index in [4.69, 9.17) is 4.74 Å². The van der Waals surface area contributed by atoms with Gasteiger partial charge < -0.3 is 15.0 Å². The number of alkyl halides is 4. The number of nitrogens with one attached hydrogen (secondary N) is 1. The largest absolute Gasteiger partial charge is 0.495 e. The maximum Gasteiger partial charge on any atom is 0.266 e. The van der Waals surface area contributed by atoms with Crippen LogP contribution in [-0.2, 0) is 6.54 Å². The van der Waals surface area contributed by atoms with Gasteiger partial charge in [-0.3, -0.25) is 4.98 Å². The van der Waals surface area contributed by atoms with Crippen LogP contribution in [0.5, 0.6) is 5.75 Å². The van der Waals surface area contributed by atoms with Gasteiger partial charge in [0.1, 0.15) is 11.6 Å². The van der Waals surface area contributed by atoms with E-state index in [-0.39, 0.29) is 38.0 Å². The number of benzene rings is 2. The molecule has 1 aliphatic rings. The number of rotatable bonds is 6. The number of anilines is 2. The van der Waals surface area contributed by atoms with Crippen LogP contribution in [0.2, 0.25) is 0 Å². The van der Waals surface area contributed by atoms with Crippen molar-refractivity contribution in [2.24, 2.45) is 0 Å². The number of aromatic nitrogens is 1. The summed E-state index contributed by atoms with van der Waals surface area (Å²) in [5.41, 5.74) is 1.35. The molecule has 4 nitrogen and oxygen atoms in total. The Balaban J connectivity index is 1.65. The molecule has 0 bridgehead atoms. The van der Waals surface area contributed by atoms with E-state index in [0.717, 1.165) is 6.07 Å². The number of ether oxygens (including phenoxy) is 1. The molecule has 1 fully saturated rings. The summed E-state index contributed by atoms with van der Waals surface area (Å²) in [6, 6.07) is 9.12. The van der Waals surface area contributed by atoms with Gasteiger partial charge in [-0.1, -0.05) is 18.2 Å². The van der Waals surface area contributed by atoms with Crippen molar-refractivity contribution in [2.75, 3.05) is 30.4 Å². The summed E-state index contributed by atoms with van der Waals surface area (Å²) in [4.78, 5) is 6.18. The van der Waals surface area contributed by atoms with Crippen molar-refractivity contribution in [3.05, 3.63) is 59.5 Å². The lowest BCUT2D eigenvalue weighted by atomic mass is 10.0. The highest BCUT2D eigenvalue weighted by Gasteiger charge is 2.34. The van der Waals surface area contributed by atoms with Gasteiger partial charge in [0.15, 0.2) is 0 Å². The fourth-order valence-electron chi connectivity index (χ4n) is 3.90. The number of fused-ring (bicyclic) bond motifs is 1. The highest BCUT2D eigenvalue weighted by Crippen LogP contribution is 2.39. The summed E-state index contributed by atoms with van der Waals surface area (Å²) >= 11 is 0. The Morgan fingerprint density at radius 2 is 1.91 bits per heavy atom. The molecule has 170 valence electrons. The van der Waals surface area contributed by atoms with Crippen LogP contribution < -0.4 is 15.0 Å². The third-order valence-electron chi connectivity index (χ3n) is 5.69. The molecule has 0 unspecified atom stereocenters. The summed E-state index contributed by atoms with van der Waals surface area (Å²) in [5.74, 6) is -3.10. The zero-order valence-corrected chi connectivity index (χ0v) is 17.3. The second-order valence-corrected chi connectivity index (χ2v) is 7.72. The number of nitrogens with zero attached hydrogens (tertiary/aromatic N) is 2. The maximum absolute atomic E-state index is 14.4. The molecule has 0 radical (unpaired) electrons. The number of hydrogen-bond donors (Lipinski definition) is 1. The fraction of sp³-hybridized carbons (Fsp3) is 0.348. The van der Waals surface area contributed by atoms with Gasteiger partial charge in [-0.15, -0.1) is 0 Å². The predicted octanol–water partition coefficient (Wildman–Crippen LogP) is 6.17. The number of pyridine rings is 1. The van der Waals surface area contributed by atoms with Crippen LogP contribution in [0.1, 0.15) is 30.4 Å². The summed E-state index contributed by atoms with van der Waals surface area (Å²) in [5, 5.41) is 3.77. The first-order chi connectivity index (χ1) is 15.3. The van der Waals surface area contributed by atoms with E-state index in [1.54, 1.807) is 24.4 Å². The molecule has 0 atom stereocenters. The Bertz CT molecular complexity index is 1110. The minimum atomic E-state index is -2.90. The Hall–Kier alpha value is -3.10. The van der Waals surface area contributed by atoms with Gasteiger partial charge in [-0.05, 0) is 12.1 Å². The standard InChI is InChI=1S/C23H22F5N3O/c1-32-20-12-18-16(11-19(20)31-9-6-23(27,28)7-10-31)17(5-8-29-18)30-13-14-3-2-4-15(21(14)24)22(25)26/h2-5,8,11-12,22H,6-7,9-10,13H2,1H3,(H,29,30). The molecule has 0 aliphatic carbocycles. The van der Waals surface area contributed by atoms with Crippen LogP contribution in [0, 0.1) is 5.82 Å². The first kappa shape index (κ1) is 22.1. The van der Waals surface area contributed by atoms with Crippen molar-refractivity contribution in [2.45, 2.75) is 31.7 Å². The Kier molecular flexibility index (Phi) is 6.08. The zero-order chi connectivity index (χ0) is 22.9. The van der Waals surface area contributed by atoms with Crippen molar-refractivity contribution in [1.29, 1.82) is 0 Å². The monoisotopic (exact) mass is 451 g/mol. The lowest BCUT2D eigenvalue weighted by Crippen LogP contribution is -2.39. The van der Waals surface area contributed by atoms with Gasteiger partial charge in [0, 0.05) is 61.4 Å². The predicted molar refractivity (Wildman–Crippen MR) is 113 cm³/mol. The average molecular weight is 451 g/mol. The molecule has 0 spiro atoms. The highest BCUT2D eigenvalue weighted by molar-refractivity contribution is 5.95. The lowest BCUT2D eigenvalue weighted by Gasteiger charge is -2.34. The maximum atomic E-state index is 14.4. The van der Waals surface area contributed by atoms with E-state index < -0.39 is 23.7 Å². The van der Waals surface area contributed by atoms with Gasteiger partial charge in [0.05, 0.1) is 23.9 Å². The SMILES string of the molecule is COc1cc2nccc(NCc3cccc(C(F)F)c3F)c2cc1N1CCC(F)(F)CC1. The van der Waals surface area contributed by atoms with E-state index >= 15 is 0 Å². The van der Waals surface area contributed by atoms with Gasteiger partial charge in [-0.2, -0.15) is 0 Å². The zero-order valence-electron chi connectivity index (χ0n) is 17.3. The molecule has 0 saturated carbocycles. The highest BCUT2D eigenvalue weighted by atomic mass is 19.3. The minimum absolute atomic E-state index is 0.0111. The van der Waals surface area contributed by atoms with Crippen LogP contribution in [0.25, 0.3) is 10.9 Å². The van der Waals surface area contributed by atoms with Crippen LogP contribution in [0.15, 0.2) is 42.6 Å². The molecule has 32 heavy (non-hydrogen) atoms. The van der Waals surface area contributed by atoms with Gasteiger partial charge in [0.25, 0.3) is 12.3 Å². The second kappa shape index (κ2) is 8.80. The first-order valence-corrected chi connectivity index (χ1v) is 10.2. The van der Waals surface area contributed by atoms with E-state index in [0.29, 0.717) is 28.0 Å². The van der Waals surface area contributed by atoms with Crippen molar-refractivity contribution in [1.82, 2.24) is 4.98 Å². The molecule has 3 aromatic rings. The van der Waals surface area contributed by atoms with Crippen LogP contribution >= 0.6 is 0 Å². The van der Waals surface area contributed by atoms with Crippen molar-refractivity contribution in [3.63, 3.8) is 0 Å². The van der Waals surface area contributed by atoms with E-state index in [9.17, 15) is 22.0 Å². The Morgan fingerprint density at radius 3 is 2.59 bits per heavy atom. The van der Waals surface area contributed by atoms with E-state index in [1.165, 1.54) is 19.2 Å². The first-order valence-electron chi connectivity index (χ1n) is 10.2. The molecular weight excluding hydrogens is 429 g/mol. The molecule has 1 saturated heterocycles. The van der Waals surface area contributed by atoms with Gasteiger partial charge in [0.2, 0.25) is 0 Å². The topological polar surface area (TPSA) is 37.4 Å². The number of piperidine rings is 1. The summed E-state index contributed by atoms with van der Waals surface area (Å²) in [7, 11) is 1.50. The molecule has 1 N–H and O–H groups in total.